The van der Waals surface area contributed by atoms with Crippen LogP contribution < -0.4 is 4.72 Å². The molecule has 1 aromatic heterocycles. The summed E-state index contributed by atoms with van der Waals surface area (Å²) < 4.78 is 28.2. The van der Waals surface area contributed by atoms with E-state index in [1.165, 1.54) is 6.20 Å². The maximum atomic E-state index is 12.6. The Hall–Kier alpha value is -1.11. The molecule has 21 heavy (non-hydrogen) atoms. The van der Waals surface area contributed by atoms with E-state index in [0.29, 0.717) is 26.2 Å². The first kappa shape index (κ1) is 16.3. The van der Waals surface area contributed by atoms with Crippen molar-refractivity contribution < 1.29 is 8.42 Å². The van der Waals surface area contributed by atoms with Crippen LogP contribution in [-0.4, -0.2) is 13.4 Å². The van der Waals surface area contributed by atoms with Gasteiger partial charge in [-0.3, -0.25) is 4.72 Å². The number of nitrogens with one attached hydrogen (secondary N) is 1. The summed E-state index contributed by atoms with van der Waals surface area (Å²) in [5.74, 6) is 0. The van der Waals surface area contributed by atoms with Gasteiger partial charge in [0.1, 0.15) is 5.15 Å². The van der Waals surface area contributed by atoms with Crippen molar-refractivity contribution in [1.29, 1.82) is 0 Å². The van der Waals surface area contributed by atoms with Crippen molar-refractivity contribution in [2.75, 3.05) is 4.72 Å². The van der Waals surface area contributed by atoms with Gasteiger partial charge in [0, 0.05) is 0 Å². The van der Waals surface area contributed by atoms with Crippen LogP contribution in [0.3, 0.4) is 0 Å². The fourth-order valence-electron chi connectivity index (χ4n) is 2.27. The van der Waals surface area contributed by atoms with Crippen molar-refractivity contribution in [3.63, 3.8) is 0 Å². The summed E-state index contributed by atoms with van der Waals surface area (Å²) in [6.45, 7) is 5.50. The molecule has 0 aliphatic heterocycles. The molecule has 0 aliphatic rings. The monoisotopic (exact) mass is 388 g/mol. The molecule has 1 aromatic carbocycles. The number of aryl methyl sites for hydroxylation is 3. The normalized spacial score (nSPS) is 11.5. The molecule has 7 heteroatoms. The number of hydrogen-bond donors (Lipinski definition) is 1. The lowest BCUT2D eigenvalue weighted by atomic mass is 10.1. The van der Waals surface area contributed by atoms with Gasteiger partial charge in [-0.1, -0.05) is 29.3 Å². The summed E-state index contributed by atoms with van der Waals surface area (Å²) in [7, 11) is -3.67. The topological polar surface area (TPSA) is 59.1 Å². The Morgan fingerprint density at radius 3 is 2.24 bits per heavy atom. The quantitative estimate of drug-likeness (QED) is 0.799. The van der Waals surface area contributed by atoms with Crippen LogP contribution in [0.15, 0.2) is 33.8 Å². The molecule has 4 nitrogen and oxygen atoms in total. The fourth-order valence-corrected chi connectivity index (χ4v) is 4.22. The lowest BCUT2D eigenvalue weighted by Crippen LogP contribution is -2.16. The predicted octanol–water partition coefficient (Wildman–Crippen LogP) is 4.22. The number of benzene rings is 1. The van der Waals surface area contributed by atoms with Crippen LogP contribution in [-0.2, 0) is 10.0 Å². The molecule has 0 bridgehead atoms. The van der Waals surface area contributed by atoms with Gasteiger partial charge >= 0.3 is 0 Å². The molecule has 2 aromatic rings. The van der Waals surface area contributed by atoms with E-state index in [4.69, 9.17) is 11.6 Å². The van der Waals surface area contributed by atoms with Crippen molar-refractivity contribution >= 4 is 43.2 Å². The van der Waals surface area contributed by atoms with Crippen LogP contribution in [0.5, 0.6) is 0 Å². The summed E-state index contributed by atoms with van der Waals surface area (Å²) in [5, 5.41) is 0.278. The molecule has 1 heterocycles. The second-order valence-corrected chi connectivity index (χ2v) is 7.66. The molecule has 0 aliphatic carbocycles. The Bertz CT molecular complexity index is 784. The van der Waals surface area contributed by atoms with Crippen LogP contribution in [0.4, 0.5) is 5.69 Å². The molecule has 0 atom stereocenters. The van der Waals surface area contributed by atoms with E-state index >= 15 is 0 Å². The zero-order valence-corrected chi connectivity index (χ0v) is 14.9. The largest absolute Gasteiger partial charge is 0.278 e. The zero-order valence-electron chi connectivity index (χ0n) is 11.7. The zero-order chi connectivity index (χ0) is 15.8. The maximum Gasteiger partial charge on any atom is 0.262 e. The van der Waals surface area contributed by atoms with E-state index < -0.39 is 10.0 Å². The first-order valence-electron chi connectivity index (χ1n) is 6.12. The van der Waals surface area contributed by atoms with Gasteiger partial charge in [0.15, 0.2) is 0 Å². The lowest BCUT2D eigenvalue weighted by molar-refractivity contribution is 0.600. The molecular weight excluding hydrogens is 376 g/mol. The highest BCUT2D eigenvalue weighted by molar-refractivity contribution is 9.10. The van der Waals surface area contributed by atoms with Crippen LogP contribution in [0.1, 0.15) is 16.7 Å². The predicted molar refractivity (Wildman–Crippen MR) is 88.4 cm³/mol. The van der Waals surface area contributed by atoms with E-state index in [1.807, 2.05) is 19.1 Å². The third kappa shape index (κ3) is 3.56. The second-order valence-electron chi connectivity index (χ2n) is 4.83. The number of rotatable bonds is 3. The van der Waals surface area contributed by atoms with Gasteiger partial charge in [-0.25, -0.2) is 13.4 Å². The van der Waals surface area contributed by atoms with Crippen LogP contribution in [0, 0.1) is 20.8 Å². The van der Waals surface area contributed by atoms with E-state index in [0.717, 1.165) is 5.56 Å². The molecule has 2 rings (SSSR count). The number of pyridine rings is 1. The summed E-state index contributed by atoms with van der Waals surface area (Å²) >= 11 is 9.02. The van der Waals surface area contributed by atoms with Gasteiger partial charge in [-0.2, -0.15) is 0 Å². The number of aromatic nitrogens is 1. The number of halogens is 2. The SMILES string of the molecule is Cc1cc(C)c(S(=O)(=O)Nc2cnc(Cl)c(Br)c2)c(C)c1. The Kier molecular flexibility index (Phi) is 4.60. The molecule has 0 unspecified atom stereocenters. The first-order chi connectivity index (χ1) is 9.70. The Balaban J connectivity index is 2.46. The highest BCUT2D eigenvalue weighted by Crippen LogP contribution is 2.27. The van der Waals surface area contributed by atoms with Crippen molar-refractivity contribution in [2.24, 2.45) is 0 Å². The first-order valence-corrected chi connectivity index (χ1v) is 8.78. The highest BCUT2D eigenvalue weighted by Gasteiger charge is 2.20. The second kappa shape index (κ2) is 5.94. The fraction of sp³-hybridized carbons (Fsp3) is 0.214. The highest BCUT2D eigenvalue weighted by atomic mass is 79.9. The van der Waals surface area contributed by atoms with E-state index in [2.05, 4.69) is 25.6 Å². The van der Waals surface area contributed by atoms with Gasteiger partial charge in [0.25, 0.3) is 10.0 Å². The van der Waals surface area contributed by atoms with Gasteiger partial charge in [0.05, 0.1) is 21.3 Å². The molecule has 0 amide bonds. The standard InChI is InChI=1S/C14H14BrClN2O2S/c1-8-4-9(2)13(10(3)5-8)21(19,20)18-11-6-12(15)14(16)17-7-11/h4-7,18H,1-3H3. The summed E-state index contributed by atoms with van der Waals surface area (Å²) in [6.07, 6.45) is 1.38. The average Bonchev–Trinajstić information content (AvgIpc) is 2.31. The van der Waals surface area contributed by atoms with Gasteiger partial charge < -0.3 is 0 Å². The van der Waals surface area contributed by atoms with Gasteiger partial charge in [0.2, 0.25) is 0 Å². The minimum absolute atomic E-state index is 0.278. The van der Waals surface area contributed by atoms with Crippen LogP contribution in [0.2, 0.25) is 5.15 Å². The molecule has 0 saturated heterocycles. The summed E-state index contributed by atoms with van der Waals surface area (Å²) in [6, 6.07) is 5.26. The Labute approximate surface area is 137 Å². The van der Waals surface area contributed by atoms with Gasteiger partial charge in [-0.15, -0.1) is 0 Å². The van der Waals surface area contributed by atoms with Crippen LogP contribution in [0.25, 0.3) is 0 Å². The number of hydrogen-bond acceptors (Lipinski definition) is 3. The molecule has 0 radical (unpaired) electrons. The summed E-state index contributed by atoms with van der Waals surface area (Å²) in [4.78, 5) is 4.20. The minimum Gasteiger partial charge on any atom is -0.278 e. The molecular formula is C14H14BrClN2O2S. The Morgan fingerprint density at radius 2 is 1.71 bits per heavy atom. The van der Waals surface area contributed by atoms with E-state index in [9.17, 15) is 8.42 Å². The smallest absolute Gasteiger partial charge is 0.262 e. The minimum atomic E-state index is -3.67. The lowest BCUT2D eigenvalue weighted by Gasteiger charge is -2.14. The van der Waals surface area contributed by atoms with Crippen molar-refractivity contribution in [3.8, 4) is 0 Å². The maximum absolute atomic E-state index is 12.6. The van der Waals surface area contributed by atoms with Crippen molar-refractivity contribution in [2.45, 2.75) is 25.7 Å². The van der Waals surface area contributed by atoms with E-state index in [1.54, 1.807) is 19.9 Å². The molecule has 0 spiro atoms. The van der Waals surface area contributed by atoms with Crippen molar-refractivity contribution in [3.05, 3.63) is 50.7 Å². The average molecular weight is 390 g/mol. The third-order valence-electron chi connectivity index (χ3n) is 2.92. The molecule has 0 fully saturated rings. The number of sulfonamides is 1. The third-order valence-corrected chi connectivity index (χ3v) is 5.74. The summed E-state index contributed by atoms with van der Waals surface area (Å²) in [5.41, 5.74) is 2.80. The Morgan fingerprint density at radius 1 is 1.14 bits per heavy atom. The van der Waals surface area contributed by atoms with Crippen LogP contribution >= 0.6 is 27.5 Å². The van der Waals surface area contributed by atoms with Crippen molar-refractivity contribution in [1.82, 2.24) is 4.98 Å². The number of nitrogens with zero attached hydrogens (tertiary/aromatic N) is 1. The van der Waals surface area contributed by atoms with Gasteiger partial charge in [-0.05, 0) is 53.9 Å². The molecule has 0 saturated carbocycles. The number of anilines is 1. The molecule has 1 N–H and O–H groups in total. The molecule has 112 valence electrons. The van der Waals surface area contributed by atoms with E-state index in [-0.39, 0.29) is 5.15 Å².